The van der Waals surface area contributed by atoms with Gasteiger partial charge in [-0.15, -0.1) is 0 Å². The van der Waals surface area contributed by atoms with Crippen molar-refractivity contribution in [2.24, 2.45) is 0 Å². The predicted molar refractivity (Wildman–Crippen MR) is 198 cm³/mol. The molecular formula is C40H25ClN4O6S. The van der Waals surface area contributed by atoms with Gasteiger partial charge < -0.3 is 11.5 Å². The number of fused-ring (bicyclic) bond motifs is 2. The first-order valence-electron chi connectivity index (χ1n) is 15.8. The van der Waals surface area contributed by atoms with Gasteiger partial charge in [0.05, 0.1) is 48.4 Å². The molecule has 10 nitrogen and oxygen atoms in total. The summed E-state index contributed by atoms with van der Waals surface area (Å²) in [5.41, 5.74) is 17.0. The van der Waals surface area contributed by atoms with Crippen molar-refractivity contribution >= 4 is 67.8 Å². The second-order valence-corrected chi connectivity index (χ2v) is 14.6. The molecule has 0 saturated heterocycles. The lowest BCUT2D eigenvalue weighted by molar-refractivity contribution is 0.0910. The molecule has 2 aliphatic heterocycles. The van der Waals surface area contributed by atoms with Crippen LogP contribution in [0.3, 0.4) is 0 Å². The lowest BCUT2D eigenvalue weighted by Gasteiger charge is -2.16. The molecule has 8 rings (SSSR count). The largest absolute Gasteiger partial charge is 0.399 e. The quantitative estimate of drug-likeness (QED) is 0.134. The van der Waals surface area contributed by atoms with Crippen LogP contribution in [0.5, 0.6) is 0 Å². The molecule has 52 heavy (non-hydrogen) atoms. The van der Waals surface area contributed by atoms with Gasteiger partial charge in [0.15, 0.2) is 0 Å². The Balaban J connectivity index is 1.03. The van der Waals surface area contributed by atoms with Gasteiger partial charge in [-0.3, -0.25) is 19.2 Å². The topological polar surface area (TPSA) is 161 Å². The van der Waals surface area contributed by atoms with E-state index >= 15 is 0 Å². The lowest BCUT2D eigenvalue weighted by atomic mass is 10.00. The van der Waals surface area contributed by atoms with Crippen LogP contribution in [0.1, 0.15) is 41.4 Å². The molecule has 0 radical (unpaired) electrons. The third-order valence-corrected chi connectivity index (χ3v) is 11.4. The van der Waals surface area contributed by atoms with E-state index < -0.39 is 33.5 Å². The van der Waals surface area contributed by atoms with Crippen molar-refractivity contribution in [3.8, 4) is 22.3 Å². The Kier molecular flexibility index (Phi) is 7.56. The molecule has 0 fully saturated rings. The van der Waals surface area contributed by atoms with Crippen molar-refractivity contribution in [2.45, 2.75) is 9.79 Å². The van der Waals surface area contributed by atoms with Crippen molar-refractivity contribution in [2.75, 3.05) is 21.3 Å². The molecule has 6 aromatic carbocycles. The van der Waals surface area contributed by atoms with Gasteiger partial charge in [-0.25, -0.2) is 18.2 Å². The van der Waals surface area contributed by atoms with Gasteiger partial charge in [0.2, 0.25) is 9.84 Å². The third kappa shape index (κ3) is 5.22. The molecule has 4 amide bonds. The first kappa shape index (κ1) is 32.6. The zero-order valence-electron chi connectivity index (χ0n) is 26.9. The fourth-order valence-electron chi connectivity index (χ4n) is 6.41. The van der Waals surface area contributed by atoms with E-state index in [0.717, 1.165) is 32.1 Å². The van der Waals surface area contributed by atoms with Crippen LogP contribution in [0, 0.1) is 0 Å². The van der Waals surface area contributed by atoms with Gasteiger partial charge in [-0.2, -0.15) is 0 Å². The number of imide groups is 2. The summed E-state index contributed by atoms with van der Waals surface area (Å²) in [6.07, 6.45) is 0. The number of nitrogens with zero attached hydrogens (tertiary/aromatic N) is 2. The van der Waals surface area contributed by atoms with Gasteiger partial charge in [0, 0.05) is 11.4 Å². The molecule has 12 heteroatoms. The van der Waals surface area contributed by atoms with Gasteiger partial charge in [-0.1, -0.05) is 48.0 Å². The molecule has 0 unspecified atom stereocenters. The van der Waals surface area contributed by atoms with Crippen LogP contribution in [0.4, 0.5) is 22.7 Å². The summed E-state index contributed by atoms with van der Waals surface area (Å²) in [6.45, 7) is 0. The second kappa shape index (κ2) is 12.0. The van der Waals surface area contributed by atoms with Crippen molar-refractivity contribution < 1.29 is 27.6 Å². The molecular weight excluding hydrogens is 700 g/mol. The number of benzene rings is 6. The molecule has 6 aromatic rings. The van der Waals surface area contributed by atoms with E-state index in [4.69, 9.17) is 23.1 Å². The summed E-state index contributed by atoms with van der Waals surface area (Å²) < 4.78 is 27.5. The SMILES string of the molecule is Nc1ccc(-c2ccc3c(c2)C(=O)N(c2ccc(S(=O)(=O)c4ccc(N5C(=O)c6ccc(-c7ccc(N)cc7)cc6C5=O)cc4Cl)cc2)C3=O)cc1. The minimum absolute atomic E-state index is 0.102. The molecule has 2 heterocycles. The lowest BCUT2D eigenvalue weighted by Crippen LogP contribution is -2.29. The van der Waals surface area contributed by atoms with Gasteiger partial charge in [-0.05, 0) is 113 Å². The summed E-state index contributed by atoms with van der Waals surface area (Å²) in [7, 11) is -4.22. The Morgan fingerprint density at radius 1 is 0.442 bits per heavy atom. The van der Waals surface area contributed by atoms with Crippen molar-refractivity contribution in [1.29, 1.82) is 0 Å². The van der Waals surface area contributed by atoms with Crippen molar-refractivity contribution in [3.05, 3.63) is 155 Å². The highest BCUT2D eigenvalue weighted by Gasteiger charge is 2.39. The molecule has 0 spiro atoms. The van der Waals surface area contributed by atoms with Gasteiger partial charge >= 0.3 is 0 Å². The highest BCUT2D eigenvalue weighted by molar-refractivity contribution is 7.91. The molecule has 4 N–H and O–H groups in total. The van der Waals surface area contributed by atoms with Crippen LogP contribution in [0.25, 0.3) is 22.3 Å². The number of amides is 4. The molecule has 0 aromatic heterocycles. The Bertz CT molecular complexity index is 2640. The van der Waals surface area contributed by atoms with E-state index in [0.29, 0.717) is 11.4 Å². The van der Waals surface area contributed by atoms with Crippen molar-refractivity contribution in [3.63, 3.8) is 0 Å². The fraction of sp³-hybridized carbons (Fsp3) is 0. The minimum Gasteiger partial charge on any atom is -0.399 e. The number of hydrogen-bond acceptors (Lipinski definition) is 8. The van der Waals surface area contributed by atoms with E-state index in [1.54, 1.807) is 60.7 Å². The number of sulfone groups is 1. The van der Waals surface area contributed by atoms with E-state index in [9.17, 15) is 27.6 Å². The zero-order valence-corrected chi connectivity index (χ0v) is 28.5. The maximum Gasteiger partial charge on any atom is 0.266 e. The van der Waals surface area contributed by atoms with Crippen LogP contribution in [0.15, 0.2) is 137 Å². The standard InChI is InChI=1S/C40H25ClN4O6S/c41-35-21-29(45-38(47)32-17-6-25(20-34(32)40(45)49)23-3-9-27(43)10-4-23)13-18-36(35)52(50,51)30-14-11-28(12-15-30)44-37(46)31-16-5-24(19-33(31)39(44)48)22-1-7-26(42)8-2-22/h1-21H,42-43H2. The number of hydrogen-bond donors (Lipinski definition) is 2. The third-order valence-electron chi connectivity index (χ3n) is 9.13. The molecule has 2 aliphatic rings. The van der Waals surface area contributed by atoms with E-state index in [2.05, 4.69) is 0 Å². The summed E-state index contributed by atoms with van der Waals surface area (Å²) in [6, 6.07) is 33.3. The van der Waals surface area contributed by atoms with E-state index in [1.807, 2.05) is 24.3 Å². The second-order valence-electron chi connectivity index (χ2n) is 12.3. The summed E-state index contributed by atoms with van der Waals surface area (Å²) in [4.78, 5) is 55.1. The average Bonchev–Trinajstić information content (AvgIpc) is 3.55. The van der Waals surface area contributed by atoms with Crippen LogP contribution in [-0.2, 0) is 9.84 Å². The van der Waals surface area contributed by atoms with E-state index in [1.165, 1.54) is 42.5 Å². The smallest absolute Gasteiger partial charge is 0.266 e. The first-order valence-corrected chi connectivity index (χ1v) is 17.7. The Morgan fingerprint density at radius 2 is 0.846 bits per heavy atom. The number of nitrogen functional groups attached to an aromatic ring is 2. The highest BCUT2D eigenvalue weighted by Crippen LogP contribution is 2.37. The van der Waals surface area contributed by atoms with Crippen LogP contribution >= 0.6 is 11.6 Å². The number of anilines is 4. The van der Waals surface area contributed by atoms with Crippen LogP contribution in [-0.4, -0.2) is 32.0 Å². The normalized spacial score (nSPS) is 13.9. The summed E-state index contributed by atoms with van der Waals surface area (Å²) >= 11 is 6.51. The number of halogens is 1. The number of nitrogens with two attached hydrogens (primary N) is 2. The minimum atomic E-state index is -4.22. The zero-order chi connectivity index (χ0) is 36.5. The fourth-order valence-corrected chi connectivity index (χ4v) is 8.20. The van der Waals surface area contributed by atoms with Gasteiger partial charge in [0.1, 0.15) is 0 Å². The maximum atomic E-state index is 13.7. The van der Waals surface area contributed by atoms with Gasteiger partial charge in [0.25, 0.3) is 23.6 Å². The summed E-state index contributed by atoms with van der Waals surface area (Å²) in [5.74, 6) is -2.22. The first-order chi connectivity index (χ1) is 24.9. The predicted octanol–water partition coefficient (Wildman–Crippen LogP) is 7.27. The molecule has 0 bridgehead atoms. The Labute approximate surface area is 302 Å². The Morgan fingerprint density at radius 3 is 1.31 bits per heavy atom. The molecule has 0 saturated carbocycles. The monoisotopic (exact) mass is 724 g/mol. The highest BCUT2D eigenvalue weighted by atomic mass is 35.5. The van der Waals surface area contributed by atoms with Crippen molar-refractivity contribution in [1.82, 2.24) is 0 Å². The Hall–Kier alpha value is -6.56. The summed E-state index contributed by atoms with van der Waals surface area (Å²) in [5, 5.41) is -0.210. The van der Waals surface area contributed by atoms with E-state index in [-0.39, 0.29) is 48.4 Å². The number of carbonyl (C=O) groups excluding carboxylic acids is 4. The average molecular weight is 725 g/mol. The molecule has 254 valence electrons. The molecule has 0 atom stereocenters. The molecule has 0 aliphatic carbocycles. The van der Waals surface area contributed by atoms with Crippen LogP contribution in [0.2, 0.25) is 5.02 Å². The maximum absolute atomic E-state index is 13.7. The number of carbonyl (C=O) groups is 4. The van der Waals surface area contributed by atoms with Crippen LogP contribution < -0.4 is 21.3 Å². The number of rotatable bonds is 6.